The Morgan fingerprint density at radius 1 is 1.42 bits per heavy atom. The van der Waals surface area contributed by atoms with E-state index in [1.807, 2.05) is 11.9 Å². The highest BCUT2D eigenvalue weighted by Crippen LogP contribution is 2.31. The maximum Gasteiger partial charge on any atom is 0.263 e. The molecule has 1 aromatic rings. The van der Waals surface area contributed by atoms with Gasteiger partial charge in [-0.05, 0) is 62.7 Å². The standard InChI is InChI=1S/C15H22N2OS/c1-17(10-11-5-7-16-8-6-11)15(18)14-9-12-3-2-4-13(12)19-14/h9,11,16H,2-8,10H2,1H3. The fourth-order valence-corrected chi connectivity index (χ4v) is 4.41. The first kappa shape index (κ1) is 13.1. The number of nitrogens with zero attached hydrogens (tertiary/aromatic N) is 1. The fraction of sp³-hybridized carbons (Fsp3) is 0.667. The maximum atomic E-state index is 12.4. The summed E-state index contributed by atoms with van der Waals surface area (Å²) in [5, 5.41) is 3.37. The monoisotopic (exact) mass is 278 g/mol. The van der Waals surface area contributed by atoms with Gasteiger partial charge in [0.2, 0.25) is 0 Å². The van der Waals surface area contributed by atoms with Crippen LogP contribution in [0.2, 0.25) is 0 Å². The topological polar surface area (TPSA) is 32.3 Å². The van der Waals surface area contributed by atoms with Crippen LogP contribution in [0.3, 0.4) is 0 Å². The van der Waals surface area contributed by atoms with Crippen LogP contribution in [-0.4, -0.2) is 37.5 Å². The van der Waals surface area contributed by atoms with Gasteiger partial charge in [-0.15, -0.1) is 11.3 Å². The van der Waals surface area contributed by atoms with E-state index in [-0.39, 0.29) is 5.91 Å². The summed E-state index contributed by atoms with van der Waals surface area (Å²) in [6, 6.07) is 2.13. The number of fused-ring (bicyclic) bond motifs is 1. The number of amides is 1. The normalized spacial score (nSPS) is 19.4. The van der Waals surface area contributed by atoms with Crippen LogP contribution in [0.25, 0.3) is 0 Å². The second-order valence-electron chi connectivity index (χ2n) is 5.79. The van der Waals surface area contributed by atoms with E-state index in [4.69, 9.17) is 0 Å². The predicted molar refractivity (Wildman–Crippen MR) is 78.9 cm³/mol. The Morgan fingerprint density at radius 3 is 2.95 bits per heavy atom. The van der Waals surface area contributed by atoms with Gasteiger partial charge in [-0.3, -0.25) is 4.79 Å². The van der Waals surface area contributed by atoms with Crippen LogP contribution in [-0.2, 0) is 12.8 Å². The van der Waals surface area contributed by atoms with Crippen LogP contribution < -0.4 is 5.32 Å². The van der Waals surface area contributed by atoms with E-state index in [2.05, 4.69) is 11.4 Å². The number of hydrogen-bond donors (Lipinski definition) is 1. The average molecular weight is 278 g/mol. The number of thiophene rings is 1. The van der Waals surface area contributed by atoms with Gasteiger partial charge in [0, 0.05) is 18.5 Å². The quantitative estimate of drug-likeness (QED) is 0.920. The number of hydrogen-bond acceptors (Lipinski definition) is 3. The third-order valence-electron chi connectivity index (χ3n) is 4.29. The van der Waals surface area contributed by atoms with Crippen LogP contribution in [0, 0.1) is 5.92 Å². The SMILES string of the molecule is CN(CC1CCNCC1)C(=O)c1cc2c(s1)CCC2. The molecule has 1 fully saturated rings. The highest BCUT2D eigenvalue weighted by Gasteiger charge is 2.23. The van der Waals surface area contributed by atoms with Crippen molar-refractivity contribution in [3.8, 4) is 0 Å². The summed E-state index contributed by atoms with van der Waals surface area (Å²) >= 11 is 1.72. The largest absolute Gasteiger partial charge is 0.341 e. The van der Waals surface area contributed by atoms with Crippen LogP contribution in [0.15, 0.2) is 6.07 Å². The predicted octanol–water partition coefficient (Wildman–Crippen LogP) is 2.31. The number of carbonyl (C=O) groups excluding carboxylic acids is 1. The molecule has 104 valence electrons. The Balaban J connectivity index is 1.62. The first-order chi connectivity index (χ1) is 9.24. The second kappa shape index (κ2) is 5.63. The van der Waals surface area contributed by atoms with E-state index in [1.165, 1.54) is 36.1 Å². The Hall–Kier alpha value is -0.870. The van der Waals surface area contributed by atoms with Crippen LogP contribution in [0.5, 0.6) is 0 Å². The van der Waals surface area contributed by atoms with E-state index >= 15 is 0 Å². The minimum atomic E-state index is 0.220. The Kier molecular flexibility index (Phi) is 3.89. The fourth-order valence-electron chi connectivity index (χ4n) is 3.16. The van der Waals surface area contributed by atoms with Crippen molar-refractivity contribution in [3.05, 3.63) is 21.4 Å². The molecule has 0 radical (unpaired) electrons. The second-order valence-corrected chi connectivity index (χ2v) is 6.93. The molecular weight excluding hydrogens is 256 g/mol. The van der Waals surface area contributed by atoms with E-state index in [0.717, 1.165) is 30.9 Å². The maximum absolute atomic E-state index is 12.4. The number of nitrogens with one attached hydrogen (secondary N) is 1. The summed E-state index contributed by atoms with van der Waals surface area (Å²) in [6.07, 6.45) is 5.99. The molecule has 19 heavy (non-hydrogen) atoms. The molecule has 0 atom stereocenters. The minimum absolute atomic E-state index is 0.220. The summed E-state index contributed by atoms with van der Waals surface area (Å²) in [7, 11) is 1.95. The van der Waals surface area contributed by atoms with Gasteiger partial charge in [-0.25, -0.2) is 0 Å². The zero-order chi connectivity index (χ0) is 13.2. The van der Waals surface area contributed by atoms with Gasteiger partial charge in [0.1, 0.15) is 0 Å². The third-order valence-corrected chi connectivity index (χ3v) is 5.52. The Labute approximate surface area is 119 Å². The first-order valence-corrected chi connectivity index (χ1v) is 8.13. The van der Waals surface area contributed by atoms with Crippen LogP contribution in [0.4, 0.5) is 0 Å². The molecule has 1 amide bonds. The van der Waals surface area contributed by atoms with Crippen molar-refractivity contribution in [3.63, 3.8) is 0 Å². The molecule has 3 nitrogen and oxygen atoms in total. The zero-order valence-electron chi connectivity index (χ0n) is 11.6. The van der Waals surface area contributed by atoms with Crippen molar-refractivity contribution in [2.45, 2.75) is 32.1 Å². The summed E-state index contributed by atoms with van der Waals surface area (Å²) in [5.74, 6) is 0.889. The lowest BCUT2D eigenvalue weighted by Crippen LogP contribution is -2.37. The molecule has 0 bridgehead atoms. The van der Waals surface area contributed by atoms with Crippen molar-refractivity contribution < 1.29 is 4.79 Å². The minimum Gasteiger partial charge on any atom is -0.341 e. The van der Waals surface area contributed by atoms with E-state index < -0.39 is 0 Å². The highest BCUT2D eigenvalue weighted by molar-refractivity contribution is 7.14. The van der Waals surface area contributed by atoms with Crippen molar-refractivity contribution in [2.75, 3.05) is 26.7 Å². The molecule has 1 aliphatic heterocycles. The molecule has 2 heterocycles. The molecule has 4 heteroatoms. The van der Waals surface area contributed by atoms with Gasteiger partial charge in [-0.1, -0.05) is 0 Å². The zero-order valence-corrected chi connectivity index (χ0v) is 12.4. The molecule has 1 saturated heterocycles. The lowest BCUT2D eigenvalue weighted by molar-refractivity contribution is 0.0767. The van der Waals surface area contributed by atoms with Gasteiger partial charge < -0.3 is 10.2 Å². The van der Waals surface area contributed by atoms with Gasteiger partial charge >= 0.3 is 0 Å². The van der Waals surface area contributed by atoms with Gasteiger partial charge in [0.25, 0.3) is 5.91 Å². The molecule has 0 spiro atoms. The van der Waals surface area contributed by atoms with Crippen molar-refractivity contribution >= 4 is 17.2 Å². The smallest absolute Gasteiger partial charge is 0.263 e. The summed E-state index contributed by atoms with van der Waals surface area (Å²) in [4.78, 5) is 16.8. The number of aryl methyl sites for hydroxylation is 2. The number of piperidine rings is 1. The molecular formula is C15H22N2OS. The van der Waals surface area contributed by atoms with E-state index in [1.54, 1.807) is 11.3 Å². The van der Waals surface area contributed by atoms with Crippen molar-refractivity contribution in [2.24, 2.45) is 5.92 Å². The lowest BCUT2D eigenvalue weighted by atomic mass is 9.98. The molecule has 0 saturated carbocycles. The van der Waals surface area contributed by atoms with Gasteiger partial charge in [0.15, 0.2) is 0 Å². The molecule has 0 unspecified atom stereocenters. The highest BCUT2D eigenvalue weighted by atomic mass is 32.1. The molecule has 0 aromatic carbocycles. The molecule has 1 aromatic heterocycles. The lowest BCUT2D eigenvalue weighted by Gasteiger charge is -2.27. The molecule has 1 aliphatic carbocycles. The van der Waals surface area contributed by atoms with Crippen molar-refractivity contribution in [1.29, 1.82) is 0 Å². The third kappa shape index (κ3) is 2.84. The number of carbonyl (C=O) groups is 1. The molecule has 3 rings (SSSR count). The number of rotatable bonds is 3. The summed E-state index contributed by atoms with van der Waals surface area (Å²) in [5.41, 5.74) is 1.42. The Bertz CT molecular complexity index is 441. The molecule has 2 aliphatic rings. The summed E-state index contributed by atoms with van der Waals surface area (Å²) < 4.78 is 0. The van der Waals surface area contributed by atoms with E-state index in [9.17, 15) is 4.79 Å². The van der Waals surface area contributed by atoms with Crippen LogP contribution in [0.1, 0.15) is 39.4 Å². The van der Waals surface area contributed by atoms with Gasteiger partial charge in [-0.2, -0.15) is 0 Å². The van der Waals surface area contributed by atoms with E-state index in [0.29, 0.717) is 5.92 Å². The van der Waals surface area contributed by atoms with Crippen molar-refractivity contribution in [1.82, 2.24) is 10.2 Å². The van der Waals surface area contributed by atoms with Gasteiger partial charge in [0.05, 0.1) is 4.88 Å². The Morgan fingerprint density at radius 2 is 2.21 bits per heavy atom. The van der Waals surface area contributed by atoms with Crippen LogP contribution >= 0.6 is 11.3 Å². The molecule has 1 N–H and O–H groups in total. The summed E-state index contributed by atoms with van der Waals surface area (Å²) in [6.45, 7) is 3.10. The first-order valence-electron chi connectivity index (χ1n) is 7.32. The average Bonchev–Trinajstić information content (AvgIpc) is 2.99.